The van der Waals surface area contributed by atoms with Gasteiger partial charge in [0.2, 0.25) is 82.7 Å². The van der Waals surface area contributed by atoms with Crippen LogP contribution in [-0.2, 0) is 102 Å². The van der Waals surface area contributed by atoms with Crippen molar-refractivity contribution < 1.29 is 95.9 Å². The largest absolute Gasteiger partial charge is 0.524 e. The molecule has 14 amide bonds. The number of carboxylic acids is 1. The molecular weight excluding hydrogens is 1780 g/mol. The van der Waals surface area contributed by atoms with E-state index < -0.39 is 219 Å². The maximum Gasteiger partial charge on any atom is 0.524 e. The molecule has 0 radical (unpaired) electrons. The predicted octanol–water partition coefficient (Wildman–Crippen LogP) is -2.82. The van der Waals surface area contributed by atoms with E-state index in [1.807, 2.05) is 54.6 Å². The van der Waals surface area contributed by atoms with Gasteiger partial charge in [-0.05, 0) is 151 Å². The third kappa shape index (κ3) is 36.4. The minimum absolute atomic E-state index is 0.0402. The summed E-state index contributed by atoms with van der Waals surface area (Å²) in [5.74, 6) is -17.8. The Kier molecular flexibility index (Phi) is 42.9. The fourth-order valence-corrected chi connectivity index (χ4v) is 15.0. The lowest BCUT2D eigenvalue weighted by molar-refractivity contribution is -0.142. The molecule has 0 aliphatic carbocycles. The summed E-state index contributed by atoms with van der Waals surface area (Å²) in [4.78, 5) is 233. The minimum atomic E-state index is -5.12. The van der Waals surface area contributed by atoms with Crippen LogP contribution in [0.25, 0.3) is 32.3 Å². The van der Waals surface area contributed by atoms with Gasteiger partial charge in [-0.2, -0.15) is 0 Å². The first kappa shape index (κ1) is 108. The Morgan fingerprint density at radius 3 is 1.21 bits per heavy atom. The highest BCUT2D eigenvalue weighted by molar-refractivity contribution is 7.46. The van der Waals surface area contributed by atoms with Crippen molar-refractivity contribution >= 4 is 147 Å². The summed E-state index contributed by atoms with van der Waals surface area (Å²) in [6.07, 6.45) is -1.92. The van der Waals surface area contributed by atoms with Gasteiger partial charge in [0, 0.05) is 45.4 Å². The normalized spacial score (nSPS) is 14.1. The number of unbranched alkanes of at least 4 members (excludes halogenated alkanes) is 1. The number of nitrogens with one attached hydrogen (secondary N) is 19. The molecule has 46 heteroatoms. The molecule has 136 heavy (non-hydrogen) atoms. The van der Waals surface area contributed by atoms with E-state index >= 15 is 28.8 Å². The van der Waals surface area contributed by atoms with Crippen molar-refractivity contribution in [2.24, 2.45) is 40.3 Å². The molecule has 0 heterocycles. The number of phosphoric acid groups is 1. The maximum absolute atomic E-state index is 15.5. The molecule has 7 aromatic rings. The highest BCUT2D eigenvalue weighted by Crippen LogP contribution is 2.38. The van der Waals surface area contributed by atoms with E-state index in [2.05, 4.69) is 85.1 Å². The molecule has 7 aromatic carbocycles. The maximum atomic E-state index is 15.5. The number of amides is 14. The third-order valence-corrected chi connectivity index (χ3v) is 22.4. The van der Waals surface area contributed by atoms with Crippen LogP contribution in [0, 0.1) is 22.1 Å². The molecular formula is C90H124N25O20P. The van der Waals surface area contributed by atoms with Gasteiger partial charge < -0.3 is 129 Å². The number of rotatable bonds is 57. The lowest BCUT2D eigenvalue weighted by Crippen LogP contribution is -2.62. The molecule has 0 fully saturated rings. The number of primary amides is 1. The number of guanidine groups is 3. The van der Waals surface area contributed by atoms with E-state index in [1.54, 1.807) is 67.6 Å². The van der Waals surface area contributed by atoms with E-state index in [0.717, 1.165) is 44.5 Å². The Bertz CT molecular complexity index is 5340. The van der Waals surface area contributed by atoms with Gasteiger partial charge >= 0.3 is 13.8 Å². The summed E-state index contributed by atoms with van der Waals surface area (Å²) in [6.45, 7) is 4.63. The first-order chi connectivity index (χ1) is 64.6. The number of benzene rings is 7. The Morgan fingerprint density at radius 1 is 0.397 bits per heavy atom. The van der Waals surface area contributed by atoms with Gasteiger partial charge in [0.25, 0.3) is 0 Å². The van der Waals surface area contributed by atoms with E-state index in [-0.39, 0.29) is 108 Å². The topological polar surface area (TPSA) is 763 Å². The molecule has 0 aliphatic heterocycles. The molecule has 34 N–H and O–H groups in total. The number of aliphatic carboxylic acids is 1. The van der Waals surface area contributed by atoms with Crippen molar-refractivity contribution in [1.82, 2.24) is 85.1 Å². The van der Waals surface area contributed by atoms with Crippen LogP contribution < -0.4 is 124 Å². The molecule has 13 atom stereocenters. The Balaban J connectivity index is 1.22. The van der Waals surface area contributed by atoms with Gasteiger partial charge in [-0.15, -0.1) is 0 Å². The summed E-state index contributed by atoms with van der Waals surface area (Å²) in [5, 5.41) is 80.0. The van der Waals surface area contributed by atoms with Crippen LogP contribution in [0.5, 0.6) is 5.75 Å². The van der Waals surface area contributed by atoms with Gasteiger partial charge in [-0.25, -0.2) is 4.57 Å². The molecule has 0 aliphatic rings. The molecule has 0 saturated carbocycles. The number of phosphoric ester groups is 1. The van der Waals surface area contributed by atoms with Crippen molar-refractivity contribution in [3.63, 3.8) is 0 Å². The van der Waals surface area contributed by atoms with Crippen LogP contribution in [0.1, 0.15) is 121 Å². The fraction of sp³-hybridized carbons (Fsp3) is 0.422. The SMILES string of the molecule is CC[C@H](C)[C@H](NC(=O)[C@H](CC(=O)O)NC(=O)[C@H](CCCNC(=N)N)NC(=O)[C@H](C)N)C(=O)N[C@@H](Cc1ccc(OP(=O)(O)O)cc1)C(=O)N[C@@H](CCCNC(=N)N)C(=O)N[C@@H](C)C(=O)N[C@@H](CNC(=O)Cc1cc2ccc3cccc4ccc(c1)c2c34)C(=O)N[C@@H](Cc1ccccc1)C(=O)N[C@@H](Cc1ccccc1)C(=O)N[C@@H](CCCNC(=N)N)C(=O)N[C@@H](CCCCN)C(=O)NCC(N)=O. The number of hydrogen-bond acceptors (Lipinski definition) is 22. The van der Waals surface area contributed by atoms with Gasteiger partial charge in [0.15, 0.2) is 17.9 Å². The second kappa shape index (κ2) is 53.9. The molecule has 0 saturated heterocycles. The molecule has 0 bridgehead atoms. The van der Waals surface area contributed by atoms with E-state index in [1.165, 1.54) is 32.9 Å². The van der Waals surface area contributed by atoms with Crippen molar-refractivity contribution in [2.45, 2.75) is 197 Å². The zero-order valence-corrected chi connectivity index (χ0v) is 76.7. The average Bonchev–Trinajstić information content (AvgIpc) is 0.742. The molecule has 734 valence electrons. The van der Waals surface area contributed by atoms with Crippen LogP contribution in [0.2, 0.25) is 0 Å². The average molecular weight is 1910 g/mol. The van der Waals surface area contributed by atoms with E-state index in [4.69, 9.17) is 55.2 Å². The second-order valence-corrected chi connectivity index (χ2v) is 34.0. The summed E-state index contributed by atoms with van der Waals surface area (Å²) < 4.78 is 16.6. The Labute approximate surface area is 783 Å². The van der Waals surface area contributed by atoms with Crippen molar-refractivity contribution in [1.29, 1.82) is 16.2 Å². The van der Waals surface area contributed by atoms with Gasteiger partial charge in [0.1, 0.15) is 72.2 Å². The summed E-state index contributed by atoms with van der Waals surface area (Å²) in [7, 11) is -5.12. The highest BCUT2D eigenvalue weighted by Gasteiger charge is 2.39. The molecule has 0 unspecified atom stereocenters. The van der Waals surface area contributed by atoms with E-state index in [9.17, 15) is 62.6 Å². The minimum Gasteiger partial charge on any atom is -0.481 e. The summed E-state index contributed by atoms with van der Waals surface area (Å²) in [6, 6.07) is 19.7. The number of carbonyl (C=O) groups is 15. The zero-order chi connectivity index (χ0) is 99.9. The number of nitrogens with two attached hydrogens (primary N) is 6. The highest BCUT2D eigenvalue weighted by atomic mass is 31.2. The van der Waals surface area contributed by atoms with Gasteiger partial charge in [0.05, 0.1) is 25.4 Å². The number of hydrogen-bond donors (Lipinski definition) is 28. The Morgan fingerprint density at radius 2 is 0.779 bits per heavy atom. The molecule has 0 aromatic heterocycles. The fourth-order valence-electron chi connectivity index (χ4n) is 14.6. The quantitative estimate of drug-likeness (QED) is 0.00601. The monoisotopic (exact) mass is 1910 g/mol. The van der Waals surface area contributed by atoms with E-state index in [0.29, 0.717) is 29.5 Å². The number of carboxylic acid groups (broad SMARTS) is 1. The lowest BCUT2D eigenvalue weighted by Gasteiger charge is -2.29. The lowest BCUT2D eigenvalue weighted by atomic mass is 9.92. The van der Waals surface area contributed by atoms with Crippen LogP contribution in [0.3, 0.4) is 0 Å². The first-order valence-corrected chi connectivity index (χ1v) is 45.8. The van der Waals surface area contributed by atoms with Crippen LogP contribution >= 0.6 is 7.82 Å². The van der Waals surface area contributed by atoms with Crippen molar-refractivity contribution in [3.8, 4) is 5.75 Å². The standard InChI is InChI=1S/C90H124N25O20P/c1-5-49(2)75(115-85(129)68(46-72(118)119)112-81(125)63(106-76(120)50(3)92)26-16-38-101-89(96)97)87(131)113-67(44-54-28-34-60(35-29-54)135-136(132,133)134)83(127)108-62(25-15-37-100-88(94)95)79(123)105-51(4)77(121)114-69(47-103-71(117)45-55-40-58-32-30-56-22-14-23-57-31-33-59(41-55)74(58)73(56)57)86(130)111-66(43-53-20-10-7-11-21-53)84(128)110-65(42-52-18-8-6-9-19-52)82(126)109-64(27-17-39-102-90(98)99)80(124)107-61(24-12-13-36-91)78(122)104-48-70(93)116/h6-11,14,18-23,28-35,40-41,49-51,61-69,75H,5,12-13,15-17,24-27,36-39,42-48,91-92H2,1-4H3,(H2,93,116)(H,103,117)(H,104,122)(H,105,123)(H,106,120)(H,107,124)(H,108,127)(H,109,126)(H,110,128)(H,111,130)(H,112,125)(H,113,131)(H,114,121)(H,115,129)(H,118,119)(H4,94,95,100)(H4,96,97,101)(H4,98,99,102)(H2,132,133,134)/t49-,50-,51-,61-,62-,63-,64-,65-,66-,67-,68-,69-,75-/m0/s1. The van der Waals surface area contributed by atoms with Crippen LogP contribution in [0.15, 0.2) is 140 Å². The first-order valence-electron chi connectivity index (χ1n) is 44.3. The Hall–Kier alpha value is -14.7. The van der Waals surface area contributed by atoms with Crippen molar-refractivity contribution in [3.05, 3.63) is 162 Å². The van der Waals surface area contributed by atoms with Crippen molar-refractivity contribution in [2.75, 3.05) is 39.3 Å². The number of carbonyl (C=O) groups excluding carboxylic acids is 14. The predicted molar refractivity (Wildman–Crippen MR) is 505 cm³/mol. The van der Waals surface area contributed by atoms with Gasteiger partial charge in [-0.1, -0.05) is 148 Å². The third-order valence-electron chi connectivity index (χ3n) is 21.9. The smallest absolute Gasteiger partial charge is 0.481 e. The second-order valence-electron chi connectivity index (χ2n) is 32.9. The summed E-state index contributed by atoms with van der Waals surface area (Å²) in [5.41, 5.74) is 35.1. The van der Waals surface area contributed by atoms with Crippen LogP contribution in [-0.4, -0.2) is 233 Å². The molecule has 0 spiro atoms. The molecule has 45 nitrogen and oxygen atoms in total. The zero-order valence-electron chi connectivity index (χ0n) is 75.8. The van der Waals surface area contributed by atoms with Gasteiger partial charge in [-0.3, -0.25) is 97.9 Å². The molecule has 7 rings (SSSR count). The van der Waals surface area contributed by atoms with Crippen LogP contribution in [0.4, 0.5) is 0 Å². The summed E-state index contributed by atoms with van der Waals surface area (Å²) >= 11 is 0.